The monoisotopic (exact) mass is 290 g/mol. The van der Waals surface area contributed by atoms with Crippen molar-refractivity contribution < 1.29 is 8.42 Å². The van der Waals surface area contributed by atoms with E-state index in [-0.39, 0.29) is 5.75 Å². The van der Waals surface area contributed by atoms with E-state index >= 15 is 0 Å². The maximum atomic E-state index is 12.3. The zero-order valence-corrected chi connectivity index (χ0v) is 12.5. The van der Waals surface area contributed by atoms with E-state index in [1.54, 1.807) is 25.5 Å². The van der Waals surface area contributed by atoms with Gasteiger partial charge in [-0.05, 0) is 24.1 Å². The Morgan fingerprint density at radius 1 is 1.10 bits per heavy atom. The normalized spacial score (nSPS) is 11.8. The van der Waals surface area contributed by atoms with Crippen molar-refractivity contribution in [3.8, 4) is 0 Å². The molecule has 0 spiro atoms. The summed E-state index contributed by atoms with van der Waals surface area (Å²) in [6.45, 7) is 2.31. The van der Waals surface area contributed by atoms with Crippen LogP contribution in [-0.2, 0) is 22.3 Å². The summed E-state index contributed by atoms with van der Waals surface area (Å²) in [5, 5.41) is 0. The fourth-order valence-corrected chi connectivity index (χ4v) is 3.03. The highest BCUT2D eigenvalue weighted by atomic mass is 32.2. The molecule has 0 atom stereocenters. The van der Waals surface area contributed by atoms with E-state index in [4.69, 9.17) is 0 Å². The van der Waals surface area contributed by atoms with Crippen LogP contribution in [0.25, 0.3) is 0 Å². The lowest BCUT2D eigenvalue weighted by molar-refractivity contribution is 0.465. The molecule has 0 bridgehead atoms. The molecule has 0 fully saturated rings. The van der Waals surface area contributed by atoms with Gasteiger partial charge in [-0.3, -0.25) is 4.98 Å². The van der Waals surface area contributed by atoms with Crippen molar-refractivity contribution >= 4 is 10.0 Å². The molecular formula is C15H18N2O2S. The Labute approximate surface area is 120 Å². The summed E-state index contributed by atoms with van der Waals surface area (Å²) in [5.41, 5.74) is 2.80. The van der Waals surface area contributed by atoms with Crippen LogP contribution in [0.4, 0.5) is 0 Å². The predicted molar refractivity (Wildman–Crippen MR) is 79.5 cm³/mol. The maximum Gasteiger partial charge on any atom is 0.218 e. The summed E-state index contributed by atoms with van der Waals surface area (Å²) in [6, 6.07) is 11.2. The first-order chi connectivity index (χ1) is 9.47. The van der Waals surface area contributed by atoms with Gasteiger partial charge in [0, 0.05) is 26.0 Å². The molecule has 0 aliphatic heterocycles. The van der Waals surface area contributed by atoms with Crippen molar-refractivity contribution in [2.45, 2.75) is 19.2 Å². The zero-order valence-electron chi connectivity index (χ0n) is 11.7. The van der Waals surface area contributed by atoms with E-state index < -0.39 is 10.0 Å². The lowest BCUT2D eigenvalue weighted by atomic mass is 10.2. The number of aryl methyl sites for hydroxylation is 1. The molecule has 1 aromatic heterocycles. The number of sulfonamides is 1. The van der Waals surface area contributed by atoms with Crippen molar-refractivity contribution in [1.82, 2.24) is 9.29 Å². The van der Waals surface area contributed by atoms with Gasteiger partial charge < -0.3 is 0 Å². The van der Waals surface area contributed by atoms with E-state index in [1.165, 1.54) is 4.31 Å². The minimum atomic E-state index is -3.32. The van der Waals surface area contributed by atoms with E-state index in [9.17, 15) is 8.42 Å². The second kappa shape index (κ2) is 6.15. The van der Waals surface area contributed by atoms with E-state index in [0.29, 0.717) is 6.54 Å². The third-order valence-electron chi connectivity index (χ3n) is 3.07. The first-order valence-corrected chi connectivity index (χ1v) is 7.97. The molecule has 0 aliphatic rings. The lowest BCUT2D eigenvalue weighted by Gasteiger charge is -2.17. The summed E-state index contributed by atoms with van der Waals surface area (Å²) in [6.07, 6.45) is 3.35. The molecule has 0 unspecified atom stereocenters. The van der Waals surface area contributed by atoms with Crippen molar-refractivity contribution in [3.05, 3.63) is 65.5 Å². The molecule has 0 saturated carbocycles. The number of rotatable bonds is 5. The van der Waals surface area contributed by atoms with Crippen LogP contribution in [0.2, 0.25) is 0 Å². The molecule has 2 aromatic rings. The average Bonchev–Trinajstić information content (AvgIpc) is 2.42. The molecule has 0 aliphatic carbocycles. The summed E-state index contributed by atoms with van der Waals surface area (Å²) in [4.78, 5) is 3.99. The third kappa shape index (κ3) is 3.88. The molecule has 0 saturated heterocycles. The topological polar surface area (TPSA) is 50.3 Å². The average molecular weight is 290 g/mol. The molecule has 0 N–H and O–H groups in total. The van der Waals surface area contributed by atoms with Gasteiger partial charge in [-0.1, -0.05) is 35.9 Å². The van der Waals surface area contributed by atoms with Gasteiger partial charge in [0.25, 0.3) is 0 Å². The van der Waals surface area contributed by atoms with Crippen LogP contribution in [0.3, 0.4) is 0 Å². The molecule has 1 aromatic carbocycles. The van der Waals surface area contributed by atoms with Crippen molar-refractivity contribution in [2.75, 3.05) is 7.05 Å². The molecular weight excluding hydrogens is 272 g/mol. The highest BCUT2D eigenvalue weighted by molar-refractivity contribution is 7.88. The van der Waals surface area contributed by atoms with Crippen LogP contribution in [-0.4, -0.2) is 24.8 Å². The quantitative estimate of drug-likeness (QED) is 0.849. The van der Waals surface area contributed by atoms with Crippen LogP contribution in [0.15, 0.2) is 48.8 Å². The van der Waals surface area contributed by atoms with Crippen LogP contribution >= 0.6 is 0 Å². The molecule has 5 heteroatoms. The first kappa shape index (κ1) is 14.7. The predicted octanol–water partition coefficient (Wildman–Crippen LogP) is 2.35. The number of hydrogen-bond acceptors (Lipinski definition) is 3. The van der Waals surface area contributed by atoms with E-state index in [1.807, 2.05) is 37.3 Å². The molecule has 20 heavy (non-hydrogen) atoms. The Hall–Kier alpha value is -1.72. The first-order valence-electron chi connectivity index (χ1n) is 6.36. The molecule has 0 radical (unpaired) electrons. The second-order valence-electron chi connectivity index (χ2n) is 4.86. The largest absolute Gasteiger partial charge is 0.264 e. The van der Waals surface area contributed by atoms with Gasteiger partial charge in [0.2, 0.25) is 10.0 Å². The summed E-state index contributed by atoms with van der Waals surface area (Å²) < 4.78 is 26.0. The number of hydrogen-bond donors (Lipinski definition) is 0. The number of pyridine rings is 1. The number of nitrogens with zero attached hydrogens (tertiary/aromatic N) is 2. The Balaban J connectivity index is 2.08. The van der Waals surface area contributed by atoms with Gasteiger partial charge in [-0.25, -0.2) is 12.7 Å². The van der Waals surface area contributed by atoms with Crippen molar-refractivity contribution in [1.29, 1.82) is 0 Å². The highest BCUT2D eigenvalue weighted by Crippen LogP contribution is 2.13. The fourth-order valence-electron chi connectivity index (χ4n) is 1.85. The van der Waals surface area contributed by atoms with Crippen LogP contribution in [0, 0.1) is 6.92 Å². The standard InChI is InChI=1S/C15H18N2O2S/c1-13-5-7-14(8-6-13)12-20(18,19)17(2)11-15-4-3-9-16-10-15/h3-10H,11-12H2,1-2H3. The summed E-state index contributed by atoms with van der Waals surface area (Å²) >= 11 is 0. The van der Waals surface area contributed by atoms with Gasteiger partial charge in [-0.15, -0.1) is 0 Å². The molecule has 2 rings (SSSR count). The Bertz CT molecular complexity index is 652. The van der Waals surface area contributed by atoms with E-state index in [2.05, 4.69) is 4.98 Å². The van der Waals surface area contributed by atoms with Gasteiger partial charge in [-0.2, -0.15) is 0 Å². The highest BCUT2D eigenvalue weighted by Gasteiger charge is 2.18. The Morgan fingerprint density at radius 2 is 1.80 bits per heavy atom. The fraction of sp³-hybridized carbons (Fsp3) is 0.267. The lowest BCUT2D eigenvalue weighted by Crippen LogP contribution is -2.27. The molecule has 1 heterocycles. The Kier molecular flexibility index (Phi) is 4.52. The smallest absolute Gasteiger partial charge is 0.218 e. The third-order valence-corrected chi connectivity index (χ3v) is 4.85. The minimum Gasteiger partial charge on any atom is -0.264 e. The second-order valence-corrected chi connectivity index (χ2v) is 6.93. The Morgan fingerprint density at radius 3 is 2.40 bits per heavy atom. The SMILES string of the molecule is Cc1ccc(CS(=O)(=O)N(C)Cc2cccnc2)cc1. The number of aromatic nitrogens is 1. The van der Waals surface area contributed by atoms with Gasteiger partial charge in [0.15, 0.2) is 0 Å². The van der Waals surface area contributed by atoms with Gasteiger partial charge in [0.05, 0.1) is 5.75 Å². The van der Waals surface area contributed by atoms with Crippen molar-refractivity contribution in [3.63, 3.8) is 0 Å². The summed E-state index contributed by atoms with van der Waals surface area (Å²) in [7, 11) is -1.73. The minimum absolute atomic E-state index is 0.0179. The van der Waals surface area contributed by atoms with Gasteiger partial charge >= 0.3 is 0 Å². The van der Waals surface area contributed by atoms with Crippen LogP contribution in [0.1, 0.15) is 16.7 Å². The van der Waals surface area contributed by atoms with Gasteiger partial charge in [0.1, 0.15) is 0 Å². The van der Waals surface area contributed by atoms with Crippen molar-refractivity contribution in [2.24, 2.45) is 0 Å². The molecule has 106 valence electrons. The zero-order chi connectivity index (χ0) is 14.6. The van der Waals surface area contributed by atoms with Crippen LogP contribution < -0.4 is 0 Å². The molecule has 0 amide bonds. The summed E-state index contributed by atoms with van der Waals surface area (Å²) in [5.74, 6) is 0.0179. The maximum absolute atomic E-state index is 12.3. The van der Waals surface area contributed by atoms with E-state index in [0.717, 1.165) is 16.7 Å². The number of benzene rings is 1. The van der Waals surface area contributed by atoms with Crippen LogP contribution in [0.5, 0.6) is 0 Å². The molecule has 4 nitrogen and oxygen atoms in total.